The number of rotatable bonds is 7. The molecule has 0 aliphatic carbocycles. The van der Waals surface area contributed by atoms with E-state index in [4.69, 9.17) is 5.73 Å². The molecule has 0 amide bonds. The summed E-state index contributed by atoms with van der Waals surface area (Å²) < 4.78 is 27.0. The first-order valence-electron chi connectivity index (χ1n) is 6.86. The zero-order valence-corrected chi connectivity index (χ0v) is 13.1. The standard InChI is InChI=1S/C14H24N2O3S/c1-4-11(5-2)13(17)9-16-20(18,19)14-10(3)7-6-8-12(14)15/h6-8,11,13,16-17H,4-5,9,15H2,1-3H3. The topological polar surface area (TPSA) is 92.4 Å². The van der Waals surface area contributed by atoms with Crippen LogP contribution in [0.2, 0.25) is 0 Å². The van der Waals surface area contributed by atoms with Gasteiger partial charge in [0.05, 0.1) is 11.8 Å². The number of anilines is 1. The Kier molecular flexibility index (Phi) is 5.98. The zero-order valence-electron chi connectivity index (χ0n) is 12.3. The van der Waals surface area contributed by atoms with Crippen molar-refractivity contribution < 1.29 is 13.5 Å². The van der Waals surface area contributed by atoms with Crippen molar-refractivity contribution in [1.29, 1.82) is 0 Å². The van der Waals surface area contributed by atoms with Gasteiger partial charge in [0.2, 0.25) is 10.0 Å². The molecular weight excluding hydrogens is 276 g/mol. The Bertz CT molecular complexity index is 519. The van der Waals surface area contributed by atoms with Crippen LogP contribution in [0.5, 0.6) is 0 Å². The molecule has 4 N–H and O–H groups in total. The monoisotopic (exact) mass is 300 g/mol. The highest BCUT2D eigenvalue weighted by molar-refractivity contribution is 7.89. The first kappa shape index (κ1) is 16.9. The van der Waals surface area contributed by atoms with Crippen molar-refractivity contribution in [2.45, 2.75) is 44.6 Å². The minimum Gasteiger partial charge on any atom is -0.398 e. The van der Waals surface area contributed by atoms with Crippen LogP contribution in [0.4, 0.5) is 5.69 Å². The zero-order chi connectivity index (χ0) is 15.3. The molecule has 1 aromatic carbocycles. The van der Waals surface area contributed by atoms with Crippen LogP contribution in [0.15, 0.2) is 23.1 Å². The molecule has 20 heavy (non-hydrogen) atoms. The van der Waals surface area contributed by atoms with Crippen molar-refractivity contribution in [1.82, 2.24) is 4.72 Å². The van der Waals surface area contributed by atoms with Crippen molar-refractivity contribution in [3.05, 3.63) is 23.8 Å². The van der Waals surface area contributed by atoms with Crippen LogP contribution >= 0.6 is 0 Å². The van der Waals surface area contributed by atoms with E-state index in [1.807, 2.05) is 13.8 Å². The second-order valence-electron chi connectivity index (χ2n) is 4.99. The number of hydrogen-bond donors (Lipinski definition) is 3. The van der Waals surface area contributed by atoms with Gasteiger partial charge in [0.15, 0.2) is 0 Å². The van der Waals surface area contributed by atoms with Crippen LogP contribution in [0, 0.1) is 12.8 Å². The molecule has 0 aromatic heterocycles. The molecule has 0 spiro atoms. The highest BCUT2D eigenvalue weighted by Gasteiger charge is 2.23. The summed E-state index contributed by atoms with van der Waals surface area (Å²) in [5, 5.41) is 10.00. The minimum absolute atomic E-state index is 0.00243. The van der Waals surface area contributed by atoms with Gasteiger partial charge < -0.3 is 10.8 Å². The summed E-state index contributed by atoms with van der Waals surface area (Å²) in [6.07, 6.45) is 0.933. The molecule has 5 nitrogen and oxygen atoms in total. The van der Waals surface area contributed by atoms with E-state index < -0.39 is 16.1 Å². The summed E-state index contributed by atoms with van der Waals surface area (Å²) in [6, 6.07) is 4.96. The predicted octanol–water partition coefficient (Wildman–Crippen LogP) is 1.65. The number of nitrogens with one attached hydrogen (secondary N) is 1. The van der Waals surface area contributed by atoms with Crippen molar-refractivity contribution in [3.8, 4) is 0 Å². The number of nitrogen functional groups attached to an aromatic ring is 1. The van der Waals surface area contributed by atoms with Crippen LogP contribution in [0.1, 0.15) is 32.3 Å². The number of aliphatic hydroxyl groups excluding tert-OH is 1. The fourth-order valence-electron chi connectivity index (χ4n) is 2.31. The quantitative estimate of drug-likeness (QED) is 0.668. The van der Waals surface area contributed by atoms with Gasteiger partial charge in [-0.1, -0.05) is 38.8 Å². The molecule has 1 aromatic rings. The van der Waals surface area contributed by atoms with Crippen LogP contribution < -0.4 is 10.5 Å². The average molecular weight is 300 g/mol. The normalized spacial score (nSPS) is 13.7. The molecule has 1 unspecified atom stereocenters. The summed E-state index contributed by atoms with van der Waals surface area (Å²) >= 11 is 0. The van der Waals surface area contributed by atoms with Gasteiger partial charge in [0, 0.05) is 6.54 Å². The highest BCUT2D eigenvalue weighted by atomic mass is 32.2. The molecule has 0 aliphatic heterocycles. The van der Waals surface area contributed by atoms with Crippen LogP contribution in [0.25, 0.3) is 0 Å². The van der Waals surface area contributed by atoms with Gasteiger partial charge in [-0.2, -0.15) is 0 Å². The molecule has 0 aliphatic rings. The Morgan fingerprint density at radius 2 is 1.90 bits per heavy atom. The summed E-state index contributed by atoms with van der Waals surface area (Å²) in [6.45, 7) is 5.65. The second kappa shape index (κ2) is 7.06. The Morgan fingerprint density at radius 1 is 1.30 bits per heavy atom. The van der Waals surface area contributed by atoms with E-state index in [-0.39, 0.29) is 23.0 Å². The molecule has 1 atom stereocenters. The molecule has 6 heteroatoms. The third kappa shape index (κ3) is 3.94. The number of hydrogen-bond acceptors (Lipinski definition) is 4. The van der Waals surface area contributed by atoms with E-state index in [9.17, 15) is 13.5 Å². The molecule has 0 bridgehead atoms. The molecule has 0 radical (unpaired) electrons. The fraction of sp³-hybridized carbons (Fsp3) is 0.571. The maximum atomic E-state index is 12.3. The van der Waals surface area contributed by atoms with Crippen molar-refractivity contribution >= 4 is 15.7 Å². The van der Waals surface area contributed by atoms with Gasteiger partial charge in [-0.25, -0.2) is 13.1 Å². The molecule has 0 saturated heterocycles. The molecule has 1 rings (SSSR count). The van der Waals surface area contributed by atoms with Gasteiger partial charge in [-0.3, -0.25) is 0 Å². The summed E-state index contributed by atoms with van der Waals surface area (Å²) in [7, 11) is -3.70. The Labute approximate surface area is 121 Å². The third-order valence-electron chi connectivity index (χ3n) is 3.59. The Balaban J connectivity index is 2.86. The van der Waals surface area contributed by atoms with Gasteiger partial charge in [-0.05, 0) is 24.5 Å². The molecular formula is C14H24N2O3S. The SMILES string of the molecule is CCC(CC)C(O)CNS(=O)(=O)c1c(C)cccc1N. The van der Waals surface area contributed by atoms with Crippen LogP contribution in [-0.4, -0.2) is 26.2 Å². The lowest BCUT2D eigenvalue weighted by Gasteiger charge is -2.21. The largest absolute Gasteiger partial charge is 0.398 e. The fourth-order valence-corrected chi connectivity index (χ4v) is 3.71. The number of benzene rings is 1. The lowest BCUT2D eigenvalue weighted by molar-refractivity contribution is 0.107. The van der Waals surface area contributed by atoms with Crippen LogP contribution in [-0.2, 0) is 10.0 Å². The molecule has 114 valence electrons. The van der Waals surface area contributed by atoms with Gasteiger partial charge in [0.1, 0.15) is 4.90 Å². The van der Waals surface area contributed by atoms with E-state index in [2.05, 4.69) is 4.72 Å². The molecule has 0 saturated carbocycles. The number of sulfonamides is 1. The Morgan fingerprint density at radius 3 is 2.40 bits per heavy atom. The maximum absolute atomic E-state index is 12.3. The predicted molar refractivity (Wildman–Crippen MR) is 80.9 cm³/mol. The maximum Gasteiger partial charge on any atom is 0.242 e. The van der Waals surface area contributed by atoms with E-state index in [1.165, 1.54) is 0 Å². The van der Waals surface area contributed by atoms with E-state index in [1.54, 1.807) is 25.1 Å². The average Bonchev–Trinajstić information content (AvgIpc) is 2.37. The second-order valence-corrected chi connectivity index (χ2v) is 6.69. The van der Waals surface area contributed by atoms with Crippen molar-refractivity contribution in [3.63, 3.8) is 0 Å². The summed E-state index contributed by atoms with van der Waals surface area (Å²) in [4.78, 5) is 0.0942. The molecule has 0 fully saturated rings. The first-order chi connectivity index (χ1) is 9.33. The van der Waals surface area contributed by atoms with Gasteiger partial charge in [0.25, 0.3) is 0 Å². The van der Waals surface area contributed by atoms with Crippen molar-refractivity contribution in [2.24, 2.45) is 5.92 Å². The van der Waals surface area contributed by atoms with Crippen LogP contribution in [0.3, 0.4) is 0 Å². The number of aliphatic hydroxyl groups is 1. The lowest BCUT2D eigenvalue weighted by atomic mass is 9.97. The van der Waals surface area contributed by atoms with E-state index in [0.717, 1.165) is 12.8 Å². The molecule has 0 heterocycles. The Hall–Kier alpha value is -1.11. The minimum atomic E-state index is -3.70. The van der Waals surface area contributed by atoms with Crippen molar-refractivity contribution in [2.75, 3.05) is 12.3 Å². The summed E-state index contributed by atoms with van der Waals surface area (Å²) in [5.74, 6) is 0.0897. The number of nitrogens with two attached hydrogens (primary N) is 1. The lowest BCUT2D eigenvalue weighted by Crippen LogP contribution is -2.36. The smallest absolute Gasteiger partial charge is 0.242 e. The highest BCUT2D eigenvalue weighted by Crippen LogP contribution is 2.22. The van der Waals surface area contributed by atoms with E-state index >= 15 is 0 Å². The van der Waals surface area contributed by atoms with Gasteiger partial charge in [-0.15, -0.1) is 0 Å². The first-order valence-corrected chi connectivity index (χ1v) is 8.34. The van der Waals surface area contributed by atoms with E-state index in [0.29, 0.717) is 5.56 Å². The number of aryl methyl sites for hydroxylation is 1. The summed E-state index contributed by atoms with van der Waals surface area (Å²) in [5.41, 5.74) is 6.55. The van der Waals surface area contributed by atoms with Gasteiger partial charge >= 0.3 is 0 Å². The third-order valence-corrected chi connectivity index (χ3v) is 5.23.